The summed E-state index contributed by atoms with van der Waals surface area (Å²) in [5, 5.41) is 3.43. The zero-order valence-electron chi connectivity index (χ0n) is 11.4. The number of oxazole rings is 1. The maximum atomic E-state index is 5.51. The Morgan fingerprint density at radius 1 is 1.17 bits per heavy atom. The normalized spacial score (nSPS) is 12.7. The lowest BCUT2D eigenvalue weighted by Gasteiger charge is -2.11. The quantitative estimate of drug-likeness (QED) is 0.895. The summed E-state index contributed by atoms with van der Waals surface area (Å²) in [6, 6.07) is 6.71. The van der Waals surface area contributed by atoms with Gasteiger partial charge in [-0.3, -0.25) is 0 Å². The van der Waals surface area contributed by atoms with Crippen LogP contribution in [0.5, 0.6) is 0 Å². The largest absolute Gasteiger partial charge is 0.444 e. The van der Waals surface area contributed by atoms with Crippen molar-refractivity contribution in [3.05, 3.63) is 52.7 Å². The van der Waals surface area contributed by atoms with Gasteiger partial charge in [0.05, 0.1) is 12.2 Å². The van der Waals surface area contributed by atoms with E-state index < -0.39 is 0 Å². The Morgan fingerprint density at radius 3 is 2.39 bits per heavy atom. The Labute approximate surface area is 108 Å². The second-order valence-electron chi connectivity index (χ2n) is 4.91. The van der Waals surface area contributed by atoms with Gasteiger partial charge in [0, 0.05) is 6.54 Å². The van der Waals surface area contributed by atoms with Gasteiger partial charge in [-0.05, 0) is 33.3 Å². The average molecular weight is 244 g/mol. The smallest absolute Gasteiger partial charge is 0.211 e. The van der Waals surface area contributed by atoms with Gasteiger partial charge in [-0.1, -0.05) is 29.3 Å². The third-order valence-corrected chi connectivity index (χ3v) is 2.90. The fourth-order valence-electron chi connectivity index (χ4n) is 2.10. The molecule has 0 aliphatic heterocycles. The van der Waals surface area contributed by atoms with E-state index in [4.69, 9.17) is 4.42 Å². The molecule has 18 heavy (non-hydrogen) atoms. The number of hydrogen-bond donors (Lipinski definition) is 1. The maximum absolute atomic E-state index is 5.51. The minimum absolute atomic E-state index is 0.125. The zero-order valence-corrected chi connectivity index (χ0v) is 11.4. The summed E-state index contributed by atoms with van der Waals surface area (Å²) in [6.45, 7) is 9.04. The molecule has 1 aromatic carbocycles. The van der Waals surface area contributed by atoms with E-state index in [9.17, 15) is 0 Å². The number of aryl methyl sites for hydroxylation is 3. The highest BCUT2D eigenvalue weighted by atomic mass is 16.4. The van der Waals surface area contributed by atoms with Crippen LogP contribution in [0, 0.1) is 20.8 Å². The lowest BCUT2D eigenvalue weighted by molar-refractivity contribution is 0.402. The monoisotopic (exact) mass is 244 g/mol. The summed E-state index contributed by atoms with van der Waals surface area (Å²) in [6.07, 6.45) is 1.75. The van der Waals surface area contributed by atoms with Gasteiger partial charge in [-0.15, -0.1) is 0 Å². The Hall–Kier alpha value is -1.61. The van der Waals surface area contributed by atoms with Crippen LogP contribution in [0.3, 0.4) is 0 Å². The van der Waals surface area contributed by atoms with E-state index in [-0.39, 0.29) is 6.04 Å². The lowest BCUT2D eigenvalue weighted by atomic mass is 10.1. The van der Waals surface area contributed by atoms with Crippen LogP contribution in [-0.4, -0.2) is 4.98 Å². The van der Waals surface area contributed by atoms with Gasteiger partial charge in [0.25, 0.3) is 0 Å². The van der Waals surface area contributed by atoms with Gasteiger partial charge in [0.15, 0.2) is 0 Å². The third-order valence-electron chi connectivity index (χ3n) is 2.90. The Bertz CT molecular complexity index is 511. The highest BCUT2D eigenvalue weighted by Crippen LogP contribution is 2.14. The van der Waals surface area contributed by atoms with Crippen molar-refractivity contribution in [2.24, 2.45) is 0 Å². The molecule has 2 rings (SSSR count). The molecule has 96 valence electrons. The van der Waals surface area contributed by atoms with Gasteiger partial charge in [0.1, 0.15) is 5.76 Å². The van der Waals surface area contributed by atoms with Crippen molar-refractivity contribution in [1.29, 1.82) is 0 Å². The average Bonchev–Trinajstić information content (AvgIpc) is 2.71. The summed E-state index contributed by atoms with van der Waals surface area (Å²) in [4.78, 5) is 4.23. The van der Waals surface area contributed by atoms with Crippen LogP contribution in [0.1, 0.15) is 41.3 Å². The number of rotatable bonds is 4. The molecule has 1 atom stereocenters. The molecule has 0 amide bonds. The number of benzene rings is 1. The molecule has 0 saturated heterocycles. The highest BCUT2D eigenvalue weighted by Gasteiger charge is 2.10. The number of hydrogen-bond acceptors (Lipinski definition) is 3. The molecule has 0 fully saturated rings. The Kier molecular flexibility index (Phi) is 3.82. The van der Waals surface area contributed by atoms with Gasteiger partial charge < -0.3 is 9.73 Å². The molecule has 0 aliphatic rings. The van der Waals surface area contributed by atoms with Crippen molar-refractivity contribution in [2.45, 2.75) is 40.3 Å². The second-order valence-corrected chi connectivity index (χ2v) is 4.91. The van der Waals surface area contributed by atoms with Crippen LogP contribution in [0.2, 0.25) is 0 Å². The van der Waals surface area contributed by atoms with Gasteiger partial charge in [-0.2, -0.15) is 0 Å². The van der Waals surface area contributed by atoms with Crippen LogP contribution < -0.4 is 5.32 Å². The summed E-state index contributed by atoms with van der Waals surface area (Å²) in [7, 11) is 0. The molecular formula is C15H20N2O. The van der Waals surface area contributed by atoms with E-state index in [1.165, 1.54) is 16.7 Å². The summed E-state index contributed by atoms with van der Waals surface area (Å²) in [5.41, 5.74) is 3.89. The first-order valence-electron chi connectivity index (χ1n) is 6.27. The zero-order chi connectivity index (χ0) is 13.1. The molecule has 0 spiro atoms. The van der Waals surface area contributed by atoms with Crippen LogP contribution in [0.4, 0.5) is 0 Å². The van der Waals surface area contributed by atoms with Crippen molar-refractivity contribution < 1.29 is 4.42 Å². The molecule has 2 aromatic rings. The fraction of sp³-hybridized carbons (Fsp3) is 0.400. The van der Waals surface area contributed by atoms with Crippen molar-refractivity contribution in [3.8, 4) is 0 Å². The molecule has 0 bridgehead atoms. The Morgan fingerprint density at radius 2 is 1.83 bits per heavy atom. The predicted molar refractivity (Wildman–Crippen MR) is 72.4 cm³/mol. The highest BCUT2D eigenvalue weighted by molar-refractivity contribution is 5.28. The van der Waals surface area contributed by atoms with E-state index >= 15 is 0 Å². The molecule has 3 nitrogen and oxygen atoms in total. The topological polar surface area (TPSA) is 38.1 Å². The first kappa shape index (κ1) is 12.8. The number of aromatic nitrogens is 1. The van der Waals surface area contributed by atoms with Gasteiger partial charge >= 0.3 is 0 Å². The van der Waals surface area contributed by atoms with Crippen LogP contribution in [0.15, 0.2) is 28.8 Å². The van der Waals surface area contributed by atoms with Gasteiger partial charge in [-0.25, -0.2) is 4.98 Å². The van der Waals surface area contributed by atoms with E-state index in [2.05, 4.69) is 49.3 Å². The summed E-state index contributed by atoms with van der Waals surface area (Å²) in [5.74, 6) is 1.60. The fourth-order valence-corrected chi connectivity index (χ4v) is 2.10. The number of nitrogens with one attached hydrogen (secondary N) is 1. The molecule has 0 saturated carbocycles. The minimum Gasteiger partial charge on any atom is -0.444 e. The van der Waals surface area contributed by atoms with Crippen molar-refractivity contribution in [1.82, 2.24) is 10.3 Å². The molecule has 1 N–H and O–H groups in total. The van der Waals surface area contributed by atoms with E-state index in [0.717, 1.165) is 18.2 Å². The van der Waals surface area contributed by atoms with Gasteiger partial charge in [0.2, 0.25) is 5.89 Å². The summed E-state index contributed by atoms with van der Waals surface area (Å²) >= 11 is 0. The third kappa shape index (κ3) is 3.20. The molecular weight excluding hydrogens is 224 g/mol. The van der Waals surface area contributed by atoms with Crippen molar-refractivity contribution in [2.75, 3.05) is 0 Å². The van der Waals surface area contributed by atoms with E-state index in [1.54, 1.807) is 6.20 Å². The first-order valence-corrected chi connectivity index (χ1v) is 6.27. The van der Waals surface area contributed by atoms with Crippen LogP contribution in [0.25, 0.3) is 0 Å². The van der Waals surface area contributed by atoms with Crippen LogP contribution >= 0.6 is 0 Å². The molecule has 0 aliphatic carbocycles. The maximum Gasteiger partial charge on any atom is 0.211 e. The first-order chi connectivity index (χ1) is 8.54. The van der Waals surface area contributed by atoms with Crippen molar-refractivity contribution >= 4 is 0 Å². The SMILES string of the molecule is Cc1cc(C)cc(CNC(C)c2ncc(C)o2)c1. The lowest BCUT2D eigenvalue weighted by Crippen LogP contribution is -2.18. The number of nitrogens with zero attached hydrogens (tertiary/aromatic N) is 1. The Balaban J connectivity index is 1.99. The second kappa shape index (κ2) is 5.36. The standard InChI is InChI=1S/C15H20N2O/c1-10-5-11(2)7-14(6-10)9-16-13(4)15-17-8-12(3)18-15/h5-8,13,16H,9H2,1-4H3. The van der Waals surface area contributed by atoms with E-state index in [0.29, 0.717) is 0 Å². The van der Waals surface area contributed by atoms with E-state index in [1.807, 2.05) is 6.92 Å². The summed E-state index contributed by atoms with van der Waals surface area (Å²) < 4.78 is 5.51. The molecule has 1 unspecified atom stereocenters. The molecule has 1 heterocycles. The molecule has 0 radical (unpaired) electrons. The minimum atomic E-state index is 0.125. The van der Waals surface area contributed by atoms with Crippen LogP contribution in [-0.2, 0) is 6.54 Å². The van der Waals surface area contributed by atoms with Crippen molar-refractivity contribution in [3.63, 3.8) is 0 Å². The predicted octanol–water partition coefficient (Wildman–Crippen LogP) is 3.45. The molecule has 1 aromatic heterocycles. The molecule has 3 heteroatoms.